The third kappa shape index (κ3) is 2.43. The molecule has 94 valence electrons. The van der Waals surface area contributed by atoms with Gasteiger partial charge in [-0.3, -0.25) is 0 Å². The van der Waals surface area contributed by atoms with E-state index in [1.165, 1.54) is 16.7 Å². The standard InChI is InChI=1S/C16H18ClN/c1-10-5-4-6-14(11(10)2)13-7-8-15(12(3)18)16(17)9-13/h4-9,12H,18H2,1-3H3. The van der Waals surface area contributed by atoms with Crippen molar-refractivity contribution in [2.75, 3.05) is 0 Å². The highest BCUT2D eigenvalue weighted by atomic mass is 35.5. The van der Waals surface area contributed by atoms with Crippen molar-refractivity contribution in [2.45, 2.75) is 26.8 Å². The summed E-state index contributed by atoms with van der Waals surface area (Å²) in [7, 11) is 0. The van der Waals surface area contributed by atoms with E-state index in [-0.39, 0.29) is 6.04 Å². The smallest absolute Gasteiger partial charge is 0.0459 e. The van der Waals surface area contributed by atoms with Crippen LogP contribution in [0.5, 0.6) is 0 Å². The molecule has 1 nitrogen and oxygen atoms in total. The molecule has 0 radical (unpaired) electrons. The number of hydrogen-bond acceptors (Lipinski definition) is 1. The molecule has 0 aliphatic rings. The van der Waals surface area contributed by atoms with Crippen molar-refractivity contribution < 1.29 is 0 Å². The average Bonchev–Trinajstić information content (AvgIpc) is 2.32. The van der Waals surface area contributed by atoms with E-state index in [2.05, 4.69) is 38.1 Å². The molecular formula is C16H18ClN. The van der Waals surface area contributed by atoms with Crippen LogP contribution in [-0.4, -0.2) is 0 Å². The number of rotatable bonds is 2. The van der Waals surface area contributed by atoms with Crippen molar-refractivity contribution in [3.8, 4) is 11.1 Å². The Labute approximate surface area is 114 Å². The van der Waals surface area contributed by atoms with Crippen LogP contribution in [0.4, 0.5) is 0 Å². The lowest BCUT2D eigenvalue weighted by molar-refractivity contribution is 0.819. The number of hydrogen-bond donors (Lipinski definition) is 1. The van der Waals surface area contributed by atoms with Crippen LogP contribution in [-0.2, 0) is 0 Å². The van der Waals surface area contributed by atoms with Gasteiger partial charge in [-0.25, -0.2) is 0 Å². The van der Waals surface area contributed by atoms with Gasteiger partial charge in [0.05, 0.1) is 0 Å². The Morgan fingerprint density at radius 2 is 1.83 bits per heavy atom. The molecule has 2 aromatic carbocycles. The van der Waals surface area contributed by atoms with Crippen LogP contribution >= 0.6 is 11.6 Å². The summed E-state index contributed by atoms with van der Waals surface area (Å²) in [5.41, 5.74) is 11.8. The summed E-state index contributed by atoms with van der Waals surface area (Å²) < 4.78 is 0. The molecule has 0 aliphatic heterocycles. The summed E-state index contributed by atoms with van der Waals surface area (Å²) in [6.07, 6.45) is 0. The molecule has 0 spiro atoms. The largest absolute Gasteiger partial charge is 0.324 e. The maximum atomic E-state index is 6.29. The lowest BCUT2D eigenvalue weighted by atomic mass is 9.95. The summed E-state index contributed by atoms with van der Waals surface area (Å²) >= 11 is 6.29. The second-order valence-electron chi connectivity index (χ2n) is 4.77. The van der Waals surface area contributed by atoms with Crippen molar-refractivity contribution in [3.05, 3.63) is 58.1 Å². The van der Waals surface area contributed by atoms with E-state index in [4.69, 9.17) is 17.3 Å². The summed E-state index contributed by atoms with van der Waals surface area (Å²) in [6, 6.07) is 12.4. The molecule has 0 saturated carbocycles. The first-order valence-electron chi connectivity index (χ1n) is 6.12. The van der Waals surface area contributed by atoms with Crippen LogP contribution in [0.3, 0.4) is 0 Å². The topological polar surface area (TPSA) is 26.0 Å². The molecule has 2 N–H and O–H groups in total. The van der Waals surface area contributed by atoms with Crippen LogP contribution in [0, 0.1) is 13.8 Å². The fraction of sp³-hybridized carbons (Fsp3) is 0.250. The summed E-state index contributed by atoms with van der Waals surface area (Å²) in [5.74, 6) is 0. The SMILES string of the molecule is Cc1cccc(-c2ccc(C(C)N)c(Cl)c2)c1C. The van der Waals surface area contributed by atoms with Gasteiger partial charge in [-0.15, -0.1) is 0 Å². The average molecular weight is 260 g/mol. The highest BCUT2D eigenvalue weighted by molar-refractivity contribution is 6.31. The van der Waals surface area contributed by atoms with Crippen LogP contribution in [0.2, 0.25) is 5.02 Å². The fourth-order valence-electron chi connectivity index (χ4n) is 2.13. The van der Waals surface area contributed by atoms with Crippen LogP contribution < -0.4 is 5.73 Å². The van der Waals surface area contributed by atoms with Gasteiger partial charge in [0.2, 0.25) is 0 Å². The molecule has 0 fully saturated rings. The molecule has 2 rings (SSSR count). The molecule has 0 bridgehead atoms. The Morgan fingerprint density at radius 3 is 2.44 bits per heavy atom. The van der Waals surface area contributed by atoms with E-state index in [1.54, 1.807) is 0 Å². The molecule has 0 heterocycles. The minimum atomic E-state index is -0.0369. The number of aryl methyl sites for hydroxylation is 1. The van der Waals surface area contributed by atoms with E-state index in [1.807, 2.05) is 19.1 Å². The molecular weight excluding hydrogens is 242 g/mol. The first-order chi connectivity index (χ1) is 8.50. The molecule has 1 unspecified atom stereocenters. The van der Waals surface area contributed by atoms with Gasteiger partial charge in [0.15, 0.2) is 0 Å². The van der Waals surface area contributed by atoms with Gasteiger partial charge >= 0.3 is 0 Å². The fourth-order valence-corrected chi connectivity index (χ4v) is 2.48. The minimum Gasteiger partial charge on any atom is -0.324 e. The van der Waals surface area contributed by atoms with Gasteiger partial charge < -0.3 is 5.73 Å². The summed E-state index contributed by atoms with van der Waals surface area (Å²) in [6.45, 7) is 6.20. The molecule has 0 aromatic heterocycles. The quantitative estimate of drug-likeness (QED) is 0.835. The third-order valence-electron chi connectivity index (χ3n) is 3.41. The van der Waals surface area contributed by atoms with Crippen LogP contribution in [0.1, 0.15) is 29.7 Å². The van der Waals surface area contributed by atoms with Gasteiger partial charge in [0.1, 0.15) is 0 Å². The van der Waals surface area contributed by atoms with E-state index in [9.17, 15) is 0 Å². The Morgan fingerprint density at radius 1 is 1.11 bits per heavy atom. The van der Waals surface area contributed by atoms with Gasteiger partial charge in [0, 0.05) is 11.1 Å². The molecule has 18 heavy (non-hydrogen) atoms. The van der Waals surface area contributed by atoms with E-state index >= 15 is 0 Å². The molecule has 1 atom stereocenters. The van der Waals surface area contributed by atoms with Gasteiger partial charge in [-0.05, 0) is 54.7 Å². The maximum absolute atomic E-state index is 6.29. The monoisotopic (exact) mass is 259 g/mol. The Kier molecular flexibility index (Phi) is 3.74. The molecule has 0 saturated heterocycles. The second-order valence-corrected chi connectivity index (χ2v) is 5.18. The van der Waals surface area contributed by atoms with E-state index in [0.717, 1.165) is 16.1 Å². The minimum absolute atomic E-state index is 0.0369. The van der Waals surface area contributed by atoms with Crippen molar-refractivity contribution in [3.63, 3.8) is 0 Å². The van der Waals surface area contributed by atoms with Crippen LogP contribution in [0.25, 0.3) is 11.1 Å². The molecule has 2 heteroatoms. The molecule has 2 aromatic rings. The Bertz CT molecular complexity index is 573. The lowest BCUT2D eigenvalue weighted by Crippen LogP contribution is -2.05. The number of benzene rings is 2. The zero-order chi connectivity index (χ0) is 13.3. The van der Waals surface area contributed by atoms with Crippen LogP contribution in [0.15, 0.2) is 36.4 Å². The summed E-state index contributed by atoms with van der Waals surface area (Å²) in [4.78, 5) is 0. The number of nitrogens with two attached hydrogens (primary N) is 1. The van der Waals surface area contributed by atoms with Crippen molar-refractivity contribution in [1.82, 2.24) is 0 Å². The maximum Gasteiger partial charge on any atom is 0.0459 e. The lowest BCUT2D eigenvalue weighted by Gasteiger charge is -2.12. The molecule has 0 amide bonds. The molecule has 0 aliphatic carbocycles. The second kappa shape index (κ2) is 5.13. The zero-order valence-corrected chi connectivity index (χ0v) is 11.8. The van der Waals surface area contributed by atoms with E-state index < -0.39 is 0 Å². The van der Waals surface area contributed by atoms with Gasteiger partial charge in [-0.1, -0.05) is 41.9 Å². The van der Waals surface area contributed by atoms with Crippen molar-refractivity contribution in [2.24, 2.45) is 5.73 Å². The zero-order valence-electron chi connectivity index (χ0n) is 11.0. The van der Waals surface area contributed by atoms with Gasteiger partial charge in [0.25, 0.3) is 0 Å². The first kappa shape index (κ1) is 13.1. The highest BCUT2D eigenvalue weighted by Gasteiger charge is 2.09. The van der Waals surface area contributed by atoms with Crippen molar-refractivity contribution in [1.29, 1.82) is 0 Å². The Hall–Kier alpha value is -1.31. The predicted molar refractivity (Wildman–Crippen MR) is 79.0 cm³/mol. The first-order valence-corrected chi connectivity index (χ1v) is 6.50. The predicted octanol–water partition coefficient (Wildman–Crippen LogP) is 4.64. The van der Waals surface area contributed by atoms with E-state index in [0.29, 0.717) is 0 Å². The third-order valence-corrected chi connectivity index (χ3v) is 3.73. The van der Waals surface area contributed by atoms with Gasteiger partial charge in [-0.2, -0.15) is 0 Å². The highest BCUT2D eigenvalue weighted by Crippen LogP contribution is 2.30. The Balaban J connectivity index is 2.52. The van der Waals surface area contributed by atoms with Crippen molar-refractivity contribution >= 4 is 11.6 Å². The number of halogens is 1. The summed E-state index contributed by atoms with van der Waals surface area (Å²) in [5, 5.41) is 0.739. The normalized spacial score (nSPS) is 12.5.